The Balaban J connectivity index is 2.39. The van der Waals surface area contributed by atoms with Gasteiger partial charge in [-0.15, -0.1) is 10.2 Å². The molecule has 0 N–H and O–H groups in total. The van der Waals surface area contributed by atoms with E-state index in [1.165, 1.54) is 0 Å². The van der Waals surface area contributed by atoms with Crippen LogP contribution in [0.1, 0.15) is 22.3 Å². The van der Waals surface area contributed by atoms with Crippen LogP contribution < -0.4 is 4.74 Å². The summed E-state index contributed by atoms with van der Waals surface area (Å²) in [7, 11) is 0. The van der Waals surface area contributed by atoms with Crippen LogP contribution in [0.5, 0.6) is 11.6 Å². The van der Waals surface area contributed by atoms with Gasteiger partial charge < -0.3 is 4.74 Å². The summed E-state index contributed by atoms with van der Waals surface area (Å²) < 4.78 is 5.77. The molecule has 0 atom stereocenters. The van der Waals surface area contributed by atoms with E-state index in [-0.39, 0.29) is 0 Å². The van der Waals surface area contributed by atoms with E-state index in [1.54, 1.807) is 0 Å². The van der Waals surface area contributed by atoms with Gasteiger partial charge in [0.1, 0.15) is 5.75 Å². The molecule has 2 rings (SSSR count). The maximum atomic E-state index is 6.13. The molecule has 100 valence electrons. The summed E-state index contributed by atoms with van der Waals surface area (Å²) in [6, 6.07) is 3.75. The van der Waals surface area contributed by atoms with Crippen LogP contribution in [0.15, 0.2) is 12.1 Å². The molecule has 5 heteroatoms. The lowest BCUT2D eigenvalue weighted by molar-refractivity contribution is 0.449. The lowest BCUT2D eigenvalue weighted by Gasteiger charge is -2.11. The Morgan fingerprint density at radius 1 is 0.895 bits per heavy atom. The van der Waals surface area contributed by atoms with Crippen LogP contribution in [-0.2, 0) is 0 Å². The van der Waals surface area contributed by atoms with Crippen molar-refractivity contribution < 1.29 is 4.74 Å². The number of aromatic nitrogens is 2. The first-order valence-electron chi connectivity index (χ1n) is 5.84. The molecular weight excluding hydrogens is 283 g/mol. The summed E-state index contributed by atoms with van der Waals surface area (Å²) in [5.74, 6) is 1.15. The zero-order chi connectivity index (χ0) is 14.2. The van der Waals surface area contributed by atoms with Crippen LogP contribution in [-0.4, -0.2) is 10.2 Å². The predicted molar refractivity (Wildman–Crippen MR) is 77.5 cm³/mol. The van der Waals surface area contributed by atoms with E-state index in [0.29, 0.717) is 16.8 Å². The molecule has 1 aromatic carbocycles. The summed E-state index contributed by atoms with van der Waals surface area (Å²) in [5, 5.41) is 8.99. The first kappa shape index (κ1) is 14.1. The summed E-state index contributed by atoms with van der Waals surface area (Å²) >= 11 is 12.0. The van der Waals surface area contributed by atoms with E-state index in [1.807, 2.05) is 39.8 Å². The number of benzene rings is 1. The maximum Gasteiger partial charge on any atom is 0.242 e. The standard InChI is InChI=1S/C14H14Cl2N2O/c1-7-5-11(6-8(2)12(7)15)19-14-10(4)9(3)13(16)17-18-14/h5-6H,1-4H3. The Morgan fingerprint density at radius 3 is 2.05 bits per heavy atom. The first-order valence-corrected chi connectivity index (χ1v) is 6.59. The largest absolute Gasteiger partial charge is 0.437 e. The highest BCUT2D eigenvalue weighted by Gasteiger charge is 2.11. The van der Waals surface area contributed by atoms with Gasteiger partial charge in [0.05, 0.1) is 0 Å². The highest BCUT2D eigenvalue weighted by atomic mass is 35.5. The van der Waals surface area contributed by atoms with Crippen molar-refractivity contribution in [3.8, 4) is 11.6 Å². The molecule has 0 fully saturated rings. The monoisotopic (exact) mass is 296 g/mol. The summed E-state index contributed by atoms with van der Waals surface area (Å²) in [5.41, 5.74) is 3.68. The van der Waals surface area contributed by atoms with Crippen LogP contribution in [0.25, 0.3) is 0 Å². The van der Waals surface area contributed by atoms with Crippen molar-refractivity contribution in [2.75, 3.05) is 0 Å². The molecule has 0 aliphatic heterocycles. The molecule has 0 bridgehead atoms. The fraction of sp³-hybridized carbons (Fsp3) is 0.286. The third-order valence-corrected chi connectivity index (χ3v) is 4.00. The van der Waals surface area contributed by atoms with E-state index in [0.717, 1.165) is 27.3 Å². The van der Waals surface area contributed by atoms with Crippen molar-refractivity contribution >= 4 is 23.2 Å². The van der Waals surface area contributed by atoms with Gasteiger partial charge in [0.15, 0.2) is 5.15 Å². The maximum absolute atomic E-state index is 6.13. The third kappa shape index (κ3) is 2.82. The molecule has 0 unspecified atom stereocenters. The molecule has 0 aliphatic rings. The van der Waals surface area contributed by atoms with Gasteiger partial charge >= 0.3 is 0 Å². The summed E-state index contributed by atoms with van der Waals surface area (Å²) in [4.78, 5) is 0. The molecule has 1 heterocycles. The quantitative estimate of drug-likeness (QED) is 0.798. The molecule has 0 aliphatic carbocycles. The van der Waals surface area contributed by atoms with E-state index in [9.17, 15) is 0 Å². The first-order chi connectivity index (χ1) is 8.90. The molecule has 0 spiro atoms. The van der Waals surface area contributed by atoms with Gasteiger partial charge in [0, 0.05) is 10.6 Å². The van der Waals surface area contributed by atoms with Gasteiger partial charge in [-0.3, -0.25) is 0 Å². The average Bonchev–Trinajstić information content (AvgIpc) is 2.36. The van der Waals surface area contributed by atoms with Gasteiger partial charge in [-0.05, 0) is 56.5 Å². The van der Waals surface area contributed by atoms with E-state index in [4.69, 9.17) is 27.9 Å². The minimum atomic E-state index is 0.397. The molecule has 0 radical (unpaired) electrons. The van der Waals surface area contributed by atoms with Crippen molar-refractivity contribution in [3.05, 3.63) is 44.6 Å². The SMILES string of the molecule is Cc1cc(Oc2nnc(Cl)c(C)c2C)cc(C)c1Cl. The number of aryl methyl sites for hydroxylation is 2. The van der Waals surface area contributed by atoms with Crippen LogP contribution in [0.4, 0.5) is 0 Å². The smallest absolute Gasteiger partial charge is 0.242 e. The van der Waals surface area contributed by atoms with Gasteiger partial charge in [-0.2, -0.15) is 0 Å². The number of hydrogen-bond acceptors (Lipinski definition) is 3. The second-order valence-electron chi connectivity index (χ2n) is 4.52. The van der Waals surface area contributed by atoms with Gasteiger partial charge in [0.2, 0.25) is 5.88 Å². The lowest BCUT2D eigenvalue weighted by atomic mass is 10.1. The van der Waals surface area contributed by atoms with Crippen molar-refractivity contribution in [2.24, 2.45) is 0 Å². The zero-order valence-electron chi connectivity index (χ0n) is 11.2. The van der Waals surface area contributed by atoms with Crippen LogP contribution in [0, 0.1) is 27.7 Å². The fourth-order valence-electron chi connectivity index (χ4n) is 1.73. The molecule has 0 saturated carbocycles. The Labute approximate surface area is 122 Å². The molecule has 3 nitrogen and oxygen atoms in total. The normalized spacial score (nSPS) is 10.6. The van der Waals surface area contributed by atoms with Crippen molar-refractivity contribution in [1.82, 2.24) is 10.2 Å². The second-order valence-corrected chi connectivity index (χ2v) is 5.26. The lowest BCUT2D eigenvalue weighted by Crippen LogP contribution is -1.98. The average molecular weight is 297 g/mol. The third-order valence-electron chi connectivity index (χ3n) is 3.05. The zero-order valence-corrected chi connectivity index (χ0v) is 12.7. The van der Waals surface area contributed by atoms with E-state index in [2.05, 4.69) is 10.2 Å². The summed E-state index contributed by atoms with van der Waals surface area (Å²) in [6.45, 7) is 7.67. The second kappa shape index (κ2) is 5.35. The van der Waals surface area contributed by atoms with Gasteiger partial charge in [0.25, 0.3) is 0 Å². The Kier molecular flexibility index (Phi) is 3.97. The Morgan fingerprint density at radius 2 is 1.47 bits per heavy atom. The van der Waals surface area contributed by atoms with Crippen LogP contribution in [0.2, 0.25) is 10.2 Å². The van der Waals surface area contributed by atoms with Crippen molar-refractivity contribution in [3.63, 3.8) is 0 Å². The molecule has 2 aromatic rings. The minimum Gasteiger partial charge on any atom is -0.437 e. The molecule has 19 heavy (non-hydrogen) atoms. The van der Waals surface area contributed by atoms with Gasteiger partial charge in [-0.1, -0.05) is 23.2 Å². The highest BCUT2D eigenvalue weighted by Crippen LogP contribution is 2.31. The topological polar surface area (TPSA) is 35.0 Å². The van der Waals surface area contributed by atoms with Crippen LogP contribution in [0.3, 0.4) is 0 Å². The summed E-state index contributed by atoms with van der Waals surface area (Å²) in [6.07, 6.45) is 0. The van der Waals surface area contributed by atoms with Gasteiger partial charge in [-0.25, -0.2) is 0 Å². The molecular formula is C14H14Cl2N2O. The van der Waals surface area contributed by atoms with Crippen molar-refractivity contribution in [1.29, 1.82) is 0 Å². The number of halogens is 2. The number of ether oxygens (including phenoxy) is 1. The predicted octanol–water partition coefficient (Wildman–Crippen LogP) is 4.81. The minimum absolute atomic E-state index is 0.397. The molecule has 1 aromatic heterocycles. The number of hydrogen-bond donors (Lipinski definition) is 0. The number of nitrogens with zero attached hydrogens (tertiary/aromatic N) is 2. The Bertz CT molecular complexity index is 619. The van der Waals surface area contributed by atoms with Crippen LogP contribution >= 0.6 is 23.2 Å². The highest BCUT2D eigenvalue weighted by molar-refractivity contribution is 6.32. The number of rotatable bonds is 2. The molecule has 0 saturated heterocycles. The Hall–Kier alpha value is -1.32. The fourth-order valence-corrected chi connectivity index (χ4v) is 2.02. The van der Waals surface area contributed by atoms with E-state index < -0.39 is 0 Å². The molecule has 0 amide bonds. The van der Waals surface area contributed by atoms with E-state index >= 15 is 0 Å². The van der Waals surface area contributed by atoms with Crippen molar-refractivity contribution in [2.45, 2.75) is 27.7 Å².